The van der Waals surface area contributed by atoms with Crippen LogP contribution >= 0.6 is 0 Å². The number of fused-ring (bicyclic) bond motifs is 4. The Labute approximate surface area is 128 Å². The third kappa shape index (κ3) is 1.84. The fourth-order valence-electron chi connectivity index (χ4n) is 6.29. The van der Waals surface area contributed by atoms with Crippen LogP contribution in [0.25, 0.3) is 0 Å². The maximum Gasteiger partial charge on any atom is 0.137 e. The zero-order valence-electron chi connectivity index (χ0n) is 13.5. The highest BCUT2D eigenvalue weighted by atomic mass is 16.3. The molecule has 0 aliphatic heterocycles. The Kier molecular flexibility index (Phi) is 2.96. The van der Waals surface area contributed by atoms with Crippen LogP contribution in [0.15, 0.2) is 11.1 Å². The molecule has 0 unspecified atom stereocenters. The van der Waals surface area contributed by atoms with E-state index in [1.807, 2.05) is 0 Å². The van der Waals surface area contributed by atoms with Gasteiger partial charge >= 0.3 is 0 Å². The summed E-state index contributed by atoms with van der Waals surface area (Å²) < 4.78 is 0. The molecular weight excluding hydrogens is 260 g/mol. The van der Waals surface area contributed by atoms with Crippen LogP contribution in [0.2, 0.25) is 0 Å². The van der Waals surface area contributed by atoms with E-state index >= 15 is 0 Å². The van der Waals surface area contributed by atoms with E-state index in [9.17, 15) is 9.90 Å². The van der Waals surface area contributed by atoms with Gasteiger partial charge in [-0.3, -0.25) is 4.79 Å². The number of ketones is 1. The van der Waals surface area contributed by atoms with Gasteiger partial charge in [-0.15, -0.1) is 0 Å². The molecule has 2 heteroatoms. The molecule has 0 saturated heterocycles. The molecule has 1 N–H and O–H groups in total. The van der Waals surface area contributed by atoms with E-state index in [0.29, 0.717) is 11.7 Å². The van der Waals surface area contributed by atoms with Crippen molar-refractivity contribution in [2.45, 2.75) is 77.2 Å². The van der Waals surface area contributed by atoms with Gasteiger partial charge in [-0.1, -0.05) is 18.1 Å². The number of hydrogen-bond acceptors (Lipinski definition) is 2. The van der Waals surface area contributed by atoms with E-state index in [1.54, 1.807) is 5.57 Å². The minimum Gasteiger partial charge on any atom is -0.390 e. The highest BCUT2D eigenvalue weighted by molar-refractivity contribution is 5.82. The second kappa shape index (κ2) is 4.44. The first-order valence-electron chi connectivity index (χ1n) is 8.87. The quantitative estimate of drug-likeness (QED) is 0.683. The first-order valence-corrected chi connectivity index (χ1v) is 8.87. The van der Waals surface area contributed by atoms with Gasteiger partial charge in [0.2, 0.25) is 0 Å². The summed E-state index contributed by atoms with van der Waals surface area (Å²) in [6.45, 7) is 4.41. The number of Topliss-reactive ketones (excluding diaryl/α,β-unsaturated/α-hetero) is 1. The van der Waals surface area contributed by atoms with Crippen molar-refractivity contribution in [1.29, 1.82) is 0 Å². The molecule has 0 amide bonds. The standard InChI is InChI=1S/C19H28O2/c1-18-9-7-15-14-6-4-13(20)11-12(14)3-5-16(15)17(18)8-10-19(18,2)21/h15-17,21H,3-11H2,1-2H3/t15-,16+,17+,18-,19+/m1/s1. The van der Waals surface area contributed by atoms with Crippen LogP contribution < -0.4 is 0 Å². The van der Waals surface area contributed by atoms with E-state index in [-0.39, 0.29) is 5.41 Å². The van der Waals surface area contributed by atoms with Crippen molar-refractivity contribution in [3.8, 4) is 0 Å². The summed E-state index contributed by atoms with van der Waals surface area (Å²) >= 11 is 0. The van der Waals surface area contributed by atoms with Crippen molar-refractivity contribution in [1.82, 2.24) is 0 Å². The van der Waals surface area contributed by atoms with Gasteiger partial charge in [0.15, 0.2) is 0 Å². The maximum absolute atomic E-state index is 11.7. The van der Waals surface area contributed by atoms with Gasteiger partial charge in [0, 0.05) is 12.8 Å². The summed E-state index contributed by atoms with van der Waals surface area (Å²) in [6, 6.07) is 0. The number of hydrogen-bond donors (Lipinski definition) is 1. The SMILES string of the molecule is C[C@]1(O)CC[C@H]2[C@H]3CCC4=C(CCC(=O)C4)[C@H]3CC[C@]21C. The van der Waals surface area contributed by atoms with Gasteiger partial charge < -0.3 is 5.11 Å². The summed E-state index contributed by atoms with van der Waals surface area (Å²) in [4.78, 5) is 11.7. The fourth-order valence-corrected chi connectivity index (χ4v) is 6.29. The Hall–Kier alpha value is -0.630. The number of rotatable bonds is 0. The van der Waals surface area contributed by atoms with Gasteiger partial charge in [-0.05, 0) is 75.0 Å². The van der Waals surface area contributed by atoms with E-state index in [1.165, 1.54) is 24.8 Å². The largest absolute Gasteiger partial charge is 0.390 e. The molecule has 2 fully saturated rings. The van der Waals surface area contributed by atoms with E-state index < -0.39 is 5.60 Å². The molecular formula is C19H28O2. The molecule has 0 radical (unpaired) electrons. The van der Waals surface area contributed by atoms with Crippen LogP contribution in [0.5, 0.6) is 0 Å². The van der Waals surface area contributed by atoms with Crippen LogP contribution in [0, 0.1) is 23.2 Å². The number of aliphatic hydroxyl groups is 1. The first-order chi connectivity index (χ1) is 9.92. The molecule has 4 aliphatic carbocycles. The van der Waals surface area contributed by atoms with Crippen molar-refractivity contribution in [2.24, 2.45) is 23.2 Å². The van der Waals surface area contributed by atoms with Crippen molar-refractivity contribution >= 4 is 5.78 Å². The molecule has 116 valence electrons. The zero-order chi connectivity index (χ0) is 14.8. The molecule has 0 aromatic rings. The molecule has 4 rings (SSSR count). The molecule has 4 aliphatic rings. The Morgan fingerprint density at radius 2 is 1.86 bits per heavy atom. The zero-order valence-corrected chi connectivity index (χ0v) is 13.5. The van der Waals surface area contributed by atoms with Crippen LogP contribution in [-0.4, -0.2) is 16.5 Å². The van der Waals surface area contributed by atoms with Crippen molar-refractivity contribution in [3.63, 3.8) is 0 Å². The molecule has 0 bridgehead atoms. The van der Waals surface area contributed by atoms with Crippen molar-refractivity contribution in [2.75, 3.05) is 0 Å². The molecule has 21 heavy (non-hydrogen) atoms. The molecule has 2 saturated carbocycles. The third-order valence-corrected chi connectivity index (χ3v) is 7.76. The van der Waals surface area contributed by atoms with Crippen LogP contribution in [0.3, 0.4) is 0 Å². The number of allylic oxidation sites excluding steroid dienone is 2. The minimum atomic E-state index is -0.472. The second-order valence-electron chi connectivity index (χ2n) is 8.53. The molecule has 0 aromatic carbocycles. The summed E-state index contributed by atoms with van der Waals surface area (Å²) in [5, 5.41) is 10.8. The van der Waals surface area contributed by atoms with Gasteiger partial charge in [0.1, 0.15) is 5.78 Å². The average Bonchev–Trinajstić information content (AvgIpc) is 2.69. The van der Waals surface area contributed by atoms with E-state index in [0.717, 1.165) is 50.4 Å². The molecule has 0 heterocycles. The predicted molar refractivity (Wildman–Crippen MR) is 82.8 cm³/mol. The summed E-state index contributed by atoms with van der Waals surface area (Å²) in [6.07, 6.45) is 9.55. The maximum atomic E-state index is 11.7. The van der Waals surface area contributed by atoms with E-state index in [4.69, 9.17) is 0 Å². The highest BCUT2D eigenvalue weighted by Gasteiger charge is 2.59. The number of carbonyl (C=O) groups is 1. The lowest BCUT2D eigenvalue weighted by atomic mass is 9.52. The van der Waals surface area contributed by atoms with Crippen LogP contribution in [-0.2, 0) is 4.79 Å². The van der Waals surface area contributed by atoms with Gasteiger partial charge in [0.05, 0.1) is 5.60 Å². The number of carbonyl (C=O) groups excluding carboxylic acids is 1. The van der Waals surface area contributed by atoms with Gasteiger partial charge in [0.25, 0.3) is 0 Å². The summed E-state index contributed by atoms with van der Waals surface area (Å²) in [7, 11) is 0. The lowest BCUT2D eigenvalue weighted by Gasteiger charge is -2.53. The molecule has 5 atom stereocenters. The predicted octanol–water partition coefficient (Wildman–Crippen LogP) is 4.02. The third-order valence-electron chi connectivity index (χ3n) is 7.76. The summed E-state index contributed by atoms with van der Waals surface area (Å²) in [5.41, 5.74) is 2.82. The van der Waals surface area contributed by atoms with Crippen LogP contribution in [0.4, 0.5) is 0 Å². The molecule has 2 nitrogen and oxygen atoms in total. The Bertz CT molecular complexity index is 516. The van der Waals surface area contributed by atoms with Gasteiger partial charge in [-0.25, -0.2) is 0 Å². The average molecular weight is 288 g/mol. The topological polar surface area (TPSA) is 37.3 Å². The Morgan fingerprint density at radius 1 is 1.05 bits per heavy atom. The minimum absolute atomic E-state index is 0.122. The Balaban J connectivity index is 1.66. The monoisotopic (exact) mass is 288 g/mol. The van der Waals surface area contributed by atoms with Crippen molar-refractivity contribution in [3.05, 3.63) is 11.1 Å². The smallest absolute Gasteiger partial charge is 0.137 e. The molecule has 0 spiro atoms. The van der Waals surface area contributed by atoms with Crippen LogP contribution in [0.1, 0.15) is 71.6 Å². The van der Waals surface area contributed by atoms with Gasteiger partial charge in [-0.2, -0.15) is 0 Å². The molecule has 0 aromatic heterocycles. The summed E-state index contributed by atoms with van der Waals surface area (Å²) in [5.74, 6) is 2.65. The normalized spacial score (nSPS) is 49.7. The highest BCUT2D eigenvalue weighted by Crippen LogP contribution is 2.64. The van der Waals surface area contributed by atoms with Crippen molar-refractivity contribution < 1.29 is 9.90 Å². The van der Waals surface area contributed by atoms with E-state index in [2.05, 4.69) is 13.8 Å². The lowest BCUT2D eigenvalue weighted by Crippen LogP contribution is -2.50. The Morgan fingerprint density at radius 3 is 2.67 bits per heavy atom. The lowest BCUT2D eigenvalue weighted by molar-refractivity contribution is -0.119. The first kappa shape index (κ1) is 14.0. The second-order valence-corrected chi connectivity index (χ2v) is 8.53. The fraction of sp³-hybridized carbons (Fsp3) is 0.842.